The number of nitriles is 1. The number of urea groups is 1. The van der Waals surface area contributed by atoms with Gasteiger partial charge in [-0.2, -0.15) is 5.26 Å². The zero-order chi connectivity index (χ0) is 25.0. The van der Waals surface area contributed by atoms with Gasteiger partial charge in [0.25, 0.3) is 5.91 Å². The van der Waals surface area contributed by atoms with Crippen LogP contribution in [0, 0.1) is 16.7 Å². The third-order valence-corrected chi connectivity index (χ3v) is 8.56. The molecule has 3 aliphatic rings. The van der Waals surface area contributed by atoms with Gasteiger partial charge in [-0.3, -0.25) is 9.78 Å². The fourth-order valence-corrected chi connectivity index (χ4v) is 6.34. The summed E-state index contributed by atoms with van der Waals surface area (Å²) < 4.78 is 5.31. The molecule has 8 nitrogen and oxygen atoms in total. The van der Waals surface area contributed by atoms with Crippen molar-refractivity contribution < 1.29 is 14.3 Å². The number of hydrogen-bond donors (Lipinski definition) is 0. The number of halogens is 1. The van der Waals surface area contributed by atoms with Gasteiger partial charge >= 0.3 is 6.03 Å². The lowest BCUT2D eigenvalue weighted by atomic mass is 10.0. The molecule has 1 saturated carbocycles. The molecule has 36 heavy (non-hydrogen) atoms. The molecule has 3 aromatic rings. The number of pyridine rings is 2. The highest BCUT2D eigenvalue weighted by molar-refractivity contribution is 8.09. The van der Waals surface area contributed by atoms with E-state index in [9.17, 15) is 14.9 Å². The van der Waals surface area contributed by atoms with Gasteiger partial charge < -0.3 is 9.64 Å². The number of rotatable bonds is 5. The molecule has 0 radical (unpaired) electrons. The Balaban J connectivity index is 1.45. The summed E-state index contributed by atoms with van der Waals surface area (Å²) in [7, 11) is 1.54. The van der Waals surface area contributed by atoms with E-state index in [0.29, 0.717) is 17.0 Å². The number of methoxy groups -OCH3 is 1. The fourth-order valence-electron chi connectivity index (χ4n) is 4.74. The van der Waals surface area contributed by atoms with E-state index >= 15 is 0 Å². The first kappa shape index (κ1) is 22.8. The largest absolute Gasteiger partial charge is 0.495 e. The van der Waals surface area contributed by atoms with Crippen LogP contribution in [0.25, 0.3) is 15.7 Å². The molecule has 10 heteroatoms. The van der Waals surface area contributed by atoms with E-state index in [0.717, 1.165) is 28.5 Å². The molecule has 0 bridgehead atoms. The number of aromatic nitrogens is 2. The molecule has 4 heterocycles. The van der Waals surface area contributed by atoms with Gasteiger partial charge in [0.2, 0.25) is 0 Å². The highest BCUT2D eigenvalue weighted by Gasteiger charge is 2.54. The zero-order valence-electron chi connectivity index (χ0n) is 19.2. The van der Waals surface area contributed by atoms with Crippen LogP contribution in [-0.4, -0.2) is 51.8 Å². The molecular weight excluding hydrogens is 498 g/mol. The van der Waals surface area contributed by atoms with Crippen molar-refractivity contribution in [2.45, 2.75) is 24.1 Å². The lowest BCUT2D eigenvalue weighted by Crippen LogP contribution is -2.63. The Morgan fingerprint density at radius 2 is 2.06 bits per heavy atom. The van der Waals surface area contributed by atoms with Crippen molar-refractivity contribution in [1.82, 2.24) is 14.9 Å². The number of carbonyl (C=O) groups excluding carboxylic acids is 2. The summed E-state index contributed by atoms with van der Waals surface area (Å²) >= 11 is 7.76. The van der Waals surface area contributed by atoms with E-state index in [2.05, 4.69) is 16.0 Å². The Morgan fingerprint density at radius 3 is 2.81 bits per heavy atom. The third kappa shape index (κ3) is 3.60. The minimum atomic E-state index is -0.603. The predicted octanol–water partition coefficient (Wildman–Crippen LogP) is 4.89. The second-order valence-electron chi connectivity index (χ2n) is 9.13. The summed E-state index contributed by atoms with van der Waals surface area (Å²) in [6.45, 7) is 0.250. The lowest BCUT2D eigenvalue weighted by Gasteiger charge is -2.42. The number of benzene rings is 1. The number of fused-ring (bicyclic) bond motifs is 2. The smallest absolute Gasteiger partial charge is 0.332 e. The molecule has 1 aromatic carbocycles. The number of nitrogens with zero attached hydrogens (tertiary/aromatic N) is 5. The summed E-state index contributed by atoms with van der Waals surface area (Å²) in [4.78, 5) is 40.0. The number of imide groups is 1. The molecule has 2 atom stereocenters. The molecule has 180 valence electrons. The Hall–Kier alpha value is -3.61. The normalized spacial score (nSPS) is 22.3. The first-order chi connectivity index (χ1) is 17.4. The van der Waals surface area contributed by atoms with Crippen LogP contribution in [0.2, 0.25) is 5.15 Å². The predicted molar refractivity (Wildman–Crippen MR) is 138 cm³/mol. The second kappa shape index (κ2) is 8.50. The van der Waals surface area contributed by atoms with Gasteiger partial charge in [0.15, 0.2) is 0 Å². The molecule has 6 rings (SSSR count). The third-order valence-electron chi connectivity index (χ3n) is 6.91. The van der Waals surface area contributed by atoms with E-state index in [4.69, 9.17) is 16.3 Å². The van der Waals surface area contributed by atoms with Crippen LogP contribution in [0.1, 0.15) is 18.4 Å². The molecule has 2 aliphatic heterocycles. The van der Waals surface area contributed by atoms with Gasteiger partial charge in [-0.05, 0) is 25.0 Å². The topological polar surface area (TPSA) is 99.4 Å². The molecule has 0 spiro atoms. The summed E-state index contributed by atoms with van der Waals surface area (Å²) in [5.74, 6) is 0.208. The van der Waals surface area contributed by atoms with Gasteiger partial charge in [-0.1, -0.05) is 35.9 Å². The fraction of sp³-hybridized carbons (Fsp3) is 0.269. The van der Waals surface area contributed by atoms with Crippen LogP contribution in [0.15, 0.2) is 55.0 Å². The van der Waals surface area contributed by atoms with Crippen molar-refractivity contribution in [1.29, 1.82) is 5.26 Å². The first-order valence-electron chi connectivity index (χ1n) is 11.4. The van der Waals surface area contributed by atoms with Gasteiger partial charge in [-0.15, -0.1) is 11.8 Å². The summed E-state index contributed by atoms with van der Waals surface area (Å²) in [6, 6.07) is 10.7. The van der Waals surface area contributed by atoms with E-state index in [1.165, 1.54) is 22.9 Å². The van der Waals surface area contributed by atoms with Crippen molar-refractivity contribution in [3.63, 3.8) is 0 Å². The average Bonchev–Trinajstić information content (AvgIpc) is 3.54. The molecule has 2 unspecified atom stereocenters. The van der Waals surface area contributed by atoms with Crippen LogP contribution in [0.4, 0.5) is 10.5 Å². The Labute approximate surface area is 216 Å². The van der Waals surface area contributed by atoms with Gasteiger partial charge in [0, 0.05) is 34.0 Å². The van der Waals surface area contributed by atoms with Crippen LogP contribution >= 0.6 is 23.4 Å². The number of carbonyl (C=O) groups is 2. The maximum atomic E-state index is 14.0. The Morgan fingerprint density at radius 1 is 1.25 bits per heavy atom. The van der Waals surface area contributed by atoms with Gasteiger partial charge in [-0.25, -0.2) is 14.7 Å². The number of anilines is 1. The lowest BCUT2D eigenvalue weighted by molar-refractivity contribution is -0.119. The van der Waals surface area contributed by atoms with E-state index < -0.39 is 22.7 Å². The summed E-state index contributed by atoms with van der Waals surface area (Å²) in [5.41, 5.74) is 0.485. The van der Waals surface area contributed by atoms with Crippen molar-refractivity contribution in [3.8, 4) is 11.8 Å². The van der Waals surface area contributed by atoms with Crippen molar-refractivity contribution >= 4 is 56.7 Å². The number of amides is 3. The number of hydrogen-bond acceptors (Lipinski definition) is 7. The summed E-state index contributed by atoms with van der Waals surface area (Å²) in [5, 5.41) is 11.0. The quantitative estimate of drug-likeness (QED) is 0.444. The SMILES string of the molecule is COc1cnc(Cl)c(C2=CC3C(S2)C(=O)N(c2cncc4ccccc24)C(=O)N3CC2(C#N)CC2)c1. The molecular formula is C26H20ClN5O3S. The van der Waals surface area contributed by atoms with Gasteiger partial charge in [0.1, 0.15) is 16.2 Å². The maximum absolute atomic E-state index is 14.0. The standard InChI is InChI=1S/C26H20ClN5O3S/c1-35-16-8-18(23(27)30-11-16)21-9-19-22(36-21)24(33)32(25(34)31(19)14-26(13-28)6-7-26)20-12-29-10-15-4-2-3-5-17(15)20/h2-5,8-12,19,22H,6-7,14H2,1H3. The molecule has 1 saturated heterocycles. The van der Waals surface area contributed by atoms with Crippen molar-refractivity contribution in [2.75, 3.05) is 18.6 Å². The first-order valence-corrected chi connectivity index (χ1v) is 12.7. The molecule has 2 fully saturated rings. The van der Waals surface area contributed by atoms with Gasteiger partial charge in [0.05, 0.1) is 42.7 Å². The van der Waals surface area contributed by atoms with E-state index in [1.54, 1.807) is 30.5 Å². The second-order valence-corrected chi connectivity index (χ2v) is 10.7. The van der Waals surface area contributed by atoms with Crippen LogP contribution in [0.3, 0.4) is 0 Å². The Bertz CT molecular complexity index is 1490. The van der Waals surface area contributed by atoms with E-state index in [1.807, 2.05) is 30.3 Å². The number of thioether (sulfide) groups is 1. The average molecular weight is 518 g/mol. The molecule has 0 N–H and O–H groups in total. The number of ether oxygens (including phenoxy) is 1. The van der Waals surface area contributed by atoms with Crippen molar-refractivity contribution in [3.05, 3.63) is 65.7 Å². The molecule has 3 amide bonds. The minimum absolute atomic E-state index is 0.250. The van der Waals surface area contributed by atoms with Crippen LogP contribution in [0.5, 0.6) is 5.75 Å². The van der Waals surface area contributed by atoms with Crippen LogP contribution in [-0.2, 0) is 4.79 Å². The zero-order valence-corrected chi connectivity index (χ0v) is 20.8. The monoisotopic (exact) mass is 517 g/mol. The highest BCUT2D eigenvalue weighted by Crippen LogP contribution is 2.51. The minimum Gasteiger partial charge on any atom is -0.495 e. The molecule has 2 aromatic heterocycles. The van der Waals surface area contributed by atoms with Crippen LogP contribution < -0.4 is 9.64 Å². The summed E-state index contributed by atoms with van der Waals surface area (Å²) in [6.07, 6.45) is 8.12. The highest BCUT2D eigenvalue weighted by atomic mass is 35.5. The Kier molecular flexibility index (Phi) is 5.39. The molecule has 1 aliphatic carbocycles. The van der Waals surface area contributed by atoms with E-state index in [-0.39, 0.29) is 17.6 Å². The van der Waals surface area contributed by atoms with Crippen molar-refractivity contribution in [2.24, 2.45) is 5.41 Å². The maximum Gasteiger partial charge on any atom is 0.332 e.